The maximum absolute atomic E-state index is 10.9. The van der Waals surface area contributed by atoms with E-state index in [0.717, 1.165) is 13.0 Å². The summed E-state index contributed by atoms with van der Waals surface area (Å²) in [4.78, 5) is 0. The molecule has 3 nitrogen and oxygen atoms in total. The van der Waals surface area contributed by atoms with Crippen molar-refractivity contribution in [3.63, 3.8) is 0 Å². The van der Waals surface area contributed by atoms with Crippen molar-refractivity contribution in [2.45, 2.75) is 18.7 Å². The predicted molar refractivity (Wildman–Crippen MR) is 43.1 cm³/mol. The third kappa shape index (κ3) is 2.11. The Morgan fingerprint density at radius 2 is 2.10 bits per heavy atom. The van der Waals surface area contributed by atoms with Gasteiger partial charge in [-0.15, -0.1) is 12.4 Å². The van der Waals surface area contributed by atoms with Crippen molar-refractivity contribution < 1.29 is 8.42 Å². The standard InChI is InChI=1S/C5H11NO2S.ClH/c1-5-6-3-2-4-9(5,7)8;/h5-6H,2-4H2,1H3;1H. The molecule has 10 heavy (non-hydrogen) atoms. The molecule has 0 aromatic carbocycles. The quantitative estimate of drug-likeness (QED) is 0.585. The minimum atomic E-state index is -2.77. The Labute approximate surface area is 67.5 Å². The van der Waals surface area contributed by atoms with E-state index in [-0.39, 0.29) is 17.8 Å². The summed E-state index contributed by atoms with van der Waals surface area (Å²) < 4.78 is 21.8. The number of sulfone groups is 1. The number of halogens is 1. The highest BCUT2D eigenvalue weighted by molar-refractivity contribution is 7.92. The average Bonchev–Trinajstić information content (AvgIpc) is 1.77. The van der Waals surface area contributed by atoms with Crippen molar-refractivity contribution in [1.29, 1.82) is 0 Å². The zero-order valence-electron chi connectivity index (χ0n) is 5.83. The number of rotatable bonds is 0. The van der Waals surface area contributed by atoms with Crippen LogP contribution in [0.1, 0.15) is 13.3 Å². The molecule has 0 amide bonds. The third-order valence-electron chi connectivity index (χ3n) is 1.58. The third-order valence-corrected chi connectivity index (χ3v) is 3.68. The van der Waals surface area contributed by atoms with Crippen LogP contribution < -0.4 is 5.32 Å². The van der Waals surface area contributed by atoms with Gasteiger partial charge in [0, 0.05) is 0 Å². The van der Waals surface area contributed by atoms with Crippen LogP contribution in [0.5, 0.6) is 0 Å². The Morgan fingerprint density at radius 1 is 1.50 bits per heavy atom. The number of hydrogen-bond donors (Lipinski definition) is 1. The van der Waals surface area contributed by atoms with Crippen molar-refractivity contribution in [2.24, 2.45) is 0 Å². The molecule has 0 radical (unpaired) electrons. The van der Waals surface area contributed by atoms with Gasteiger partial charge in [0.1, 0.15) is 5.37 Å². The maximum Gasteiger partial charge on any atom is 0.165 e. The van der Waals surface area contributed by atoms with Gasteiger partial charge in [0.2, 0.25) is 0 Å². The first-order valence-electron chi connectivity index (χ1n) is 3.08. The van der Waals surface area contributed by atoms with Gasteiger partial charge in [0.15, 0.2) is 9.84 Å². The summed E-state index contributed by atoms with van der Waals surface area (Å²) in [6.45, 7) is 2.52. The Balaban J connectivity index is 0.000000810. The highest BCUT2D eigenvalue weighted by Gasteiger charge is 2.23. The molecule has 1 rings (SSSR count). The molecule has 1 saturated heterocycles. The maximum atomic E-state index is 10.9. The van der Waals surface area contributed by atoms with Crippen LogP contribution in [0.3, 0.4) is 0 Å². The van der Waals surface area contributed by atoms with E-state index in [0.29, 0.717) is 5.75 Å². The van der Waals surface area contributed by atoms with Crippen molar-refractivity contribution in [3.05, 3.63) is 0 Å². The predicted octanol–water partition coefficient (Wildman–Crippen LogP) is 0.162. The molecule has 1 N–H and O–H groups in total. The van der Waals surface area contributed by atoms with Crippen LogP contribution in [0.2, 0.25) is 0 Å². The van der Waals surface area contributed by atoms with Crippen LogP contribution in [0.15, 0.2) is 0 Å². The van der Waals surface area contributed by atoms with E-state index in [4.69, 9.17) is 0 Å². The Kier molecular flexibility index (Phi) is 3.62. The van der Waals surface area contributed by atoms with E-state index in [2.05, 4.69) is 5.32 Å². The monoisotopic (exact) mass is 185 g/mol. The second-order valence-corrected chi connectivity index (χ2v) is 4.76. The molecule has 1 heterocycles. The van der Waals surface area contributed by atoms with Gasteiger partial charge in [-0.05, 0) is 19.9 Å². The molecule has 0 bridgehead atoms. The van der Waals surface area contributed by atoms with Crippen LogP contribution in [0.25, 0.3) is 0 Å². The largest absolute Gasteiger partial charge is 0.301 e. The Hall–Kier alpha value is 0.200. The van der Waals surface area contributed by atoms with Crippen LogP contribution in [-0.4, -0.2) is 26.1 Å². The van der Waals surface area contributed by atoms with E-state index in [9.17, 15) is 8.42 Å². The fourth-order valence-corrected chi connectivity index (χ4v) is 2.15. The van der Waals surface area contributed by atoms with Crippen LogP contribution >= 0.6 is 12.4 Å². The molecule has 1 fully saturated rings. The van der Waals surface area contributed by atoms with Crippen LogP contribution in [0.4, 0.5) is 0 Å². The van der Waals surface area contributed by atoms with E-state index >= 15 is 0 Å². The average molecular weight is 186 g/mol. The summed E-state index contributed by atoms with van der Waals surface area (Å²) in [7, 11) is -2.77. The van der Waals surface area contributed by atoms with E-state index in [1.807, 2.05) is 0 Å². The van der Waals surface area contributed by atoms with Crippen molar-refractivity contribution in [2.75, 3.05) is 12.3 Å². The summed E-state index contributed by atoms with van der Waals surface area (Å²) in [5, 5.41) is 2.56. The first-order valence-corrected chi connectivity index (χ1v) is 4.79. The van der Waals surface area contributed by atoms with Gasteiger partial charge < -0.3 is 5.32 Å². The van der Waals surface area contributed by atoms with E-state index in [1.54, 1.807) is 6.92 Å². The molecular formula is C5H12ClNO2S. The van der Waals surface area contributed by atoms with Crippen molar-refractivity contribution in [3.8, 4) is 0 Å². The molecule has 0 aromatic heterocycles. The molecule has 0 aliphatic carbocycles. The minimum absolute atomic E-state index is 0. The Morgan fingerprint density at radius 3 is 2.40 bits per heavy atom. The Bertz CT molecular complexity index is 190. The molecule has 1 atom stereocenters. The summed E-state index contributed by atoms with van der Waals surface area (Å²) >= 11 is 0. The highest BCUT2D eigenvalue weighted by Crippen LogP contribution is 2.05. The van der Waals surface area contributed by atoms with Gasteiger partial charge in [-0.25, -0.2) is 8.42 Å². The second-order valence-electron chi connectivity index (χ2n) is 2.32. The minimum Gasteiger partial charge on any atom is -0.301 e. The lowest BCUT2D eigenvalue weighted by molar-refractivity contribution is 0.535. The van der Waals surface area contributed by atoms with Gasteiger partial charge >= 0.3 is 0 Å². The van der Waals surface area contributed by atoms with Crippen molar-refractivity contribution >= 4 is 22.2 Å². The molecule has 0 aromatic rings. The fourth-order valence-electron chi connectivity index (χ4n) is 0.882. The first-order chi connectivity index (χ1) is 4.13. The molecule has 0 spiro atoms. The number of nitrogens with one attached hydrogen (secondary N) is 1. The normalized spacial score (nSPS) is 30.7. The summed E-state index contributed by atoms with van der Waals surface area (Å²) in [6.07, 6.45) is 0.757. The smallest absolute Gasteiger partial charge is 0.165 e. The molecule has 1 unspecified atom stereocenters. The zero-order valence-corrected chi connectivity index (χ0v) is 7.46. The summed E-state index contributed by atoms with van der Waals surface area (Å²) in [6, 6.07) is 0. The number of hydrogen-bond acceptors (Lipinski definition) is 3. The molecule has 5 heteroatoms. The van der Waals surface area contributed by atoms with Crippen LogP contribution in [0, 0.1) is 0 Å². The van der Waals surface area contributed by atoms with E-state index < -0.39 is 9.84 Å². The molecule has 1 aliphatic rings. The second kappa shape index (κ2) is 3.55. The zero-order chi connectivity index (χ0) is 6.91. The lowest BCUT2D eigenvalue weighted by atomic mass is 10.5. The summed E-state index contributed by atoms with van der Waals surface area (Å²) in [5.74, 6) is 0.348. The first kappa shape index (κ1) is 10.2. The fraction of sp³-hybridized carbons (Fsp3) is 1.00. The SMILES string of the molecule is CC1NCCCS1(=O)=O.Cl. The highest BCUT2D eigenvalue weighted by atomic mass is 35.5. The van der Waals surface area contributed by atoms with E-state index in [1.165, 1.54) is 0 Å². The lowest BCUT2D eigenvalue weighted by Gasteiger charge is -2.19. The molecule has 0 saturated carbocycles. The van der Waals surface area contributed by atoms with Crippen molar-refractivity contribution in [1.82, 2.24) is 5.32 Å². The van der Waals surface area contributed by atoms with Gasteiger partial charge in [-0.1, -0.05) is 0 Å². The van der Waals surface area contributed by atoms with Gasteiger partial charge in [0.25, 0.3) is 0 Å². The lowest BCUT2D eigenvalue weighted by Crippen LogP contribution is -2.41. The molecule has 62 valence electrons. The van der Waals surface area contributed by atoms with Gasteiger partial charge in [-0.3, -0.25) is 0 Å². The topological polar surface area (TPSA) is 46.2 Å². The molecular weight excluding hydrogens is 174 g/mol. The molecule has 1 aliphatic heterocycles. The summed E-state index contributed by atoms with van der Waals surface area (Å²) in [5.41, 5.74) is 0. The van der Waals surface area contributed by atoms with Gasteiger partial charge in [-0.2, -0.15) is 0 Å². The van der Waals surface area contributed by atoms with Crippen LogP contribution in [-0.2, 0) is 9.84 Å². The van der Waals surface area contributed by atoms with Gasteiger partial charge in [0.05, 0.1) is 5.75 Å².